The molecule has 0 heterocycles. The maximum atomic E-state index is 11.8. The van der Waals surface area contributed by atoms with Crippen molar-refractivity contribution in [3.05, 3.63) is 121 Å². The van der Waals surface area contributed by atoms with E-state index in [1.54, 1.807) is 6.26 Å². The van der Waals surface area contributed by atoms with Gasteiger partial charge in [-0.15, -0.1) is 0 Å². The Balaban J connectivity index is 2.06. The molecule has 1 atom stereocenters. The fourth-order valence-electron chi connectivity index (χ4n) is 3.63. The molecule has 3 heteroatoms. The standard InChI is InChI=1S/C26H23OPS/c1-29(27)26-19-17-22(18-20-26)21-28(23-11-5-2-6-12-23,24-13-7-3-8-14-24)25-15-9-4-10-16-25/h2-21H,1H3. The summed E-state index contributed by atoms with van der Waals surface area (Å²) in [6, 6.07) is 40.4. The molecule has 0 fully saturated rings. The monoisotopic (exact) mass is 414 g/mol. The summed E-state index contributed by atoms with van der Waals surface area (Å²) >= 11 is 0. The Labute approximate surface area is 175 Å². The molecule has 0 aliphatic heterocycles. The topological polar surface area (TPSA) is 17.1 Å². The number of benzene rings is 4. The van der Waals surface area contributed by atoms with E-state index in [2.05, 4.69) is 109 Å². The first-order valence-electron chi connectivity index (χ1n) is 9.55. The molecule has 0 bridgehead atoms. The number of hydrogen-bond acceptors (Lipinski definition) is 1. The van der Waals surface area contributed by atoms with Gasteiger partial charge in [-0.3, -0.25) is 4.21 Å². The van der Waals surface area contributed by atoms with E-state index < -0.39 is 17.7 Å². The van der Waals surface area contributed by atoms with Crippen LogP contribution >= 0.6 is 6.89 Å². The van der Waals surface area contributed by atoms with Crippen LogP contribution in [0.4, 0.5) is 0 Å². The van der Waals surface area contributed by atoms with Gasteiger partial charge in [-0.2, -0.15) is 0 Å². The van der Waals surface area contributed by atoms with Gasteiger partial charge in [-0.1, -0.05) is 103 Å². The molecule has 1 nitrogen and oxygen atoms in total. The van der Waals surface area contributed by atoms with Crippen LogP contribution in [0.15, 0.2) is 120 Å². The van der Waals surface area contributed by atoms with Gasteiger partial charge in [-0.25, -0.2) is 0 Å². The van der Waals surface area contributed by atoms with Crippen molar-refractivity contribution in [3.63, 3.8) is 0 Å². The third kappa shape index (κ3) is 4.05. The van der Waals surface area contributed by atoms with Crippen LogP contribution in [-0.2, 0) is 10.8 Å². The van der Waals surface area contributed by atoms with Gasteiger partial charge in [0.05, 0.1) is 0 Å². The molecule has 0 N–H and O–H groups in total. The lowest BCUT2D eigenvalue weighted by molar-refractivity contribution is 0.687. The second kappa shape index (κ2) is 8.78. The number of hydrogen-bond donors (Lipinski definition) is 0. The summed E-state index contributed by atoms with van der Waals surface area (Å²) in [4.78, 5) is 0.852. The summed E-state index contributed by atoms with van der Waals surface area (Å²) in [5.41, 5.74) is 1.14. The van der Waals surface area contributed by atoms with Crippen LogP contribution in [0.1, 0.15) is 5.56 Å². The van der Waals surface area contributed by atoms with Gasteiger partial charge in [0.25, 0.3) is 0 Å². The molecule has 0 saturated heterocycles. The minimum Gasteiger partial charge on any atom is -0.255 e. The average Bonchev–Trinajstić information content (AvgIpc) is 2.79. The molecule has 4 rings (SSSR count). The van der Waals surface area contributed by atoms with Crippen LogP contribution in [0.5, 0.6) is 0 Å². The van der Waals surface area contributed by atoms with Gasteiger partial charge < -0.3 is 0 Å². The van der Waals surface area contributed by atoms with Crippen molar-refractivity contribution in [1.29, 1.82) is 0 Å². The first-order chi connectivity index (χ1) is 14.2. The van der Waals surface area contributed by atoms with Crippen LogP contribution < -0.4 is 15.9 Å². The second-order valence-corrected chi connectivity index (χ2v) is 11.5. The van der Waals surface area contributed by atoms with E-state index >= 15 is 0 Å². The first kappa shape index (κ1) is 19.6. The van der Waals surface area contributed by atoms with Gasteiger partial charge in [0, 0.05) is 22.0 Å². The van der Waals surface area contributed by atoms with Crippen molar-refractivity contribution in [2.75, 3.05) is 6.26 Å². The van der Waals surface area contributed by atoms with Crippen molar-refractivity contribution in [3.8, 4) is 0 Å². The maximum absolute atomic E-state index is 11.8. The molecule has 4 aromatic carbocycles. The smallest absolute Gasteiger partial charge is 0.0498 e. The highest BCUT2D eigenvalue weighted by Gasteiger charge is 2.24. The van der Waals surface area contributed by atoms with E-state index in [0.29, 0.717) is 0 Å². The molecule has 144 valence electrons. The summed E-state index contributed by atoms with van der Waals surface area (Å²) < 4.78 is 11.8. The van der Waals surface area contributed by atoms with Gasteiger partial charge in [0.2, 0.25) is 0 Å². The Morgan fingerprint density at radius 2 is 0.966 bits per heavy atom. The normalized spacial score (nSPS) is 12.3. The predicted molar refractivity (Wildman–Crippen MR) is 129 cm³/mol. The Hall–Kier alpha value is -2.67. The zero-order valence-electron chi connectivity index (χ0n) is 16.3. The molecule has 0 amide bonds. The Morgan fingerprint density at radius 3 is 1.31 bits per heavy atom. The summed E-state index contributed by atoms with van der Waals surface area (Å²) in [6.45, 7) is -2.01. The molecule has 4 aromatic rings. The molecule has 0 saturated carbocycles. The zero-order valence-corrected chi connectivity index (χ0v) is 18.0. The Morgan fingerprint density at radius 1 is 0.586 bits per heavy atom. The molecule has 0 aromatic heterocycles. The summed E-state index contributed by atoms with van der Waals surface area (Å²) in [6.07, 6.45) is 1.72. The largest absolute Gasteiger partial charge is 0.255 e. The predicted octanol–water partition coefficient (Wildman–Crippen LogP) is 4.57. The lowest BCUT2D eigenvalue weighted by Crippen LogP contribution is -2.27. The van der Waals surface area contributed by atoms with E-state index in [0.717, 1.165) is 10.5 Å². The van der Waals surface area contributed by atoms with E-state index in [1.807, 2.05) is 12.1 Å². The summed E-state index contributed by atoms with van der Waals surface area (Å²) in [5.74, 6) is 2.43. The minimum atomic E-state index is -2.01. The highest BCUT2D eigenvalue weighted by atomic mass is 32.2. The SMILES string of the molecule is CS(=O)c1ccc(C=P(c2ccccc2)(c2ccccc2)c2ccccc2)cc1. The van der Waals surface area contributed by atoms with Crippen LogP contribution in [0.3, 0.4) is 0 Å². The second-order valence-electron chi connectivity index (χ2n) is 6.88. The Kier molecular flexibility index (Phi) is 5.94. The van der Waals surface area contributed by atoms with Crippen molar-refractivity contribution in [2.45, 2.75) is 4.90 Å². The van der Waals surface area contributed by atoms with Crippen LogP contribution in [-0.4, -0.2) is 16.3 Å². The van der Waals surface area contributed by atoms with Crippen LogP contribution in [0, 0.1) is 0 Å². The molecule has 1 unspecified atom stereocenters. The highest BCUT2D eigenvalue weighted by Crippen LogP contribution is 2.44. The molecule has 29 heavy (non-hydrogen) atoms. The van der Waals surface area contributed by atoms with Crippen molar-refractivity contribution >= 4 is 39.4 Å². The third-order valence-corrected chi connectivity index (χ3v) is 10.0. The third-order valence-electron chi connectivity index (χ3n) is 5.05. The average molecular weight is 415 g/mol. The maximum Gasteiger partial charge on any atom is 0.0498 e. The van der Waals surface area contributed by atoms with Gasteiger partial charge >= 0.3 is 0 Å². The van der Waals surface area contributed by atoms with Crippen molar-refractivity contribution < 1.29 is 4.21 Å². The van der Waals surface area contributed by atoms with E-state index in [1.165, 1.54) is 15.9 Å². The van der Waals surface area contributed by atoms with Crippen LogP contribution in [0.25, 0.3) is 0 Å². The van der Waals surface area contributed by atoms with Crippen molar-refractivity contribution in [2.24, 2.45) is 0 Å². The fourth-order valence-corrected chi connectivity index (χ4v) is 8.04. The Bertz CT molecular complexity index is 1050. The van der Waals surface area contributed by atoms with Gasteiger partial charge in [-0.05, 0) is 46.3 Å². The van der Waals surface area contributed by atoms with Crippen molar-refractivity contribution in [1.82, 2.24) is 0 Å². The molecule has 0 aliphatic carbocycles. The quantitative estimate of drug-likeness (QED) is 0.437. The summed E-state index contributed by atoms with van der Waals surface area (Å²) in [5, 5.41) is 3.96. The van der Waals surface area contributed by atoms with E-state index in [9.17, 15) is 4.21 Å². The minimum absolute atomic E-state index is 0.852. The summed E-state index contributed by atoms with van der Waals surface area (Å²) in [7, 11) is -0.973. The fraction of sp³-hybridized carbons (Fsp3) is 0.0385. The van der Waals surface area contributed by atoms with Crippen LogP contribution in [0.2, 0.25) is 0 Å². The molecule has 0 aliphatic rings. The van der Waals surface area contributed by atoms with Gasteiger partial charge in [0.1, 0.15) is 0 Å². The highest BCUT2D eigenvalue weighted by molar-refractivity contribution is 7.94. The van der Waals surface area contributed by atoms with Gasteiger partial charge in [0.15, 0.2) is 0 Å². The van der Waals surface area contributed by atoms with E-state index in [-0.39, 0.29) is 0 Å². The van der Waals surface area contributed by atoms with E-state index in [4.69, 9.17) is 0 Å². The number of rotatable bonds is 5. The lowest BCUT2D eigenvalue weighted by Gasteiger charge is -2.29. The zero-order chi connectivity index (χ0) is 20.1. The molecule has 0 radical (unpaired) electrons. The first-order valence-corrected chi connectivity index (χ1v) is 13.0. The molecule has 0 spiro atoms. The lowest BCUT2D eigenvalue weighted by atomic mass is 10.2. The molecular weight excluding hydrogens is 391 g/mol. The molecular formula is C26H23OPS.